The minimum atomic E-state index is -0.248. The Morgan fingerprint density at radius 1 is 1.15 bits per heavy atom. The Morgan fingerprint density at radius 3 is 2.81 bits per heavy atom. The van der Waals surface area contributed by atoms with Gasteiger partial charge in [-0.05, 0) is 43.9 Å². The molecule has 3 fully saturated rings. The molecule has 6 rings (SSSR count). The van der Waals surface area contributed by atoms with Crippen molar-refractivity contribution in [3.05, 3.63) is 18.1 Å². The zero-order valence-electron chi connectivity index (χ0n) is 15.4. The van der Waals surface area contributed by atoms with Gasteiger partial charge in [-0.3, -0.25) is 0 Å². The molecule has 0 amide bonds. The smallest absolute Gasteiger partial charge is 0.242 e. The van der Waals surface area contributed by atoms with Crippen molar-refractivity contribution in [2.75, 3.05) is 11.4 Å². The van der Waals surface area contributed by atoms with Crippen LogP contribution in [-0.4, -0.2) is 41.7 Å². The molecule has 3 aliphatic rings. The van der Waals surface area contributed by atoms with E-state index in [1.54, 1.807) is 6.33 Å². The lowest BCUT2D eigenvalue weighted by Crippen LogP contribution is -2.52. The van der Waals surface area contributed by atoms with Gasteiger partial charge in [0, 0.05) is 19.5 Å². The van der Waals surface area contributed by atoms with E-state index in [1.165, 1.54) is 19.3 Å². The molecule has 2 atom stereocenters. The first-order valence-electron chi connectivity index (χ1n) is 9.94. The van der Waals surface area contributed by atoms with Gasteiger partial charge in [-0.2, -0.15) is 0 Å². The molecule has 27 heavy (non-hydrogen) atoms. The normalized spacial score (nSPS) is 27.1. The van der Waals surface area contributed by atoms with Gasteiger partial charge in [-0.1, -0.05) is 12.1 Å². The van der Waals surface area contributed by atoms with Crippen molar-refractivity contribution in [3.63, 3.8) is 0 Å². The Morgan fingerprint density at radius 2 is 2.07 bits per heavy atom. The first-order valence-corrected chi connectivity index (χ1v) is 9.94. The summed E-state index contributed by atoms with van der Waals surface area (Å²) in [5.41, 5.74) is 1.35. The lowest BCUT2D eigenvalue weighted by molar-refractivity contribution is 0.121. The van der Waals surface area contributed by atoms with Crippen LogP contribution in [-0.2, 0) is 18.5 Å². The minimum Gasteiger partial charge on any atom is -0.423 e. The van der Waals surface area contributed by atoms with Crippen molar-refractivity contribution in [1.82, 2.24) is 35.2 Å². The lowest BCUT2D eigenvalue weighted by atomic mass is 9.67. The molecule has 3 aromatic rings. The Bertz CT molecular complexity index is 1010. The minimum absolute atomic E-state index is 0.248. The summed E-state index contributed by atoms with van der Waals surface area (Å²) in [6.45, 7) is 3.84. The molecular weight excluding hydrogens is 344 g/mol. The molecule has 1 aliphatic heterocycles. The van der Waals surface area contributed by atoms with Gasteiger partial charge in [0.05, 0.1) is 0 Å². The monoisotopic (exact) mass is 366 g/mol. The van der Waals surface area contributed by atoms with Crippen LogP contribution in [0.15, 0.2) is 10.7 Å². The Balaban J connectivity index is 1.45. The van der Waals surface area contributed by atoms with Crippen LogP contribution < -0.4 is 4.90 Å². The van der Waals surface area contributed by atoms with Crippen LogP contribution in [0.1, 0.15) is 50.8 Å². The fourth-order valence-corrected chi connectivity index (χ4v) is 4.75. The maximum absolute atomic E-state index is 6.02. The standard InChI is InChI=1S/C18H22N8O/c1-2-13-21-23-17(27-13)18-7-5-12(18)6-8-25(18)15-14-16(20-10-19-15)26(24-22-14)9-11-3-4-11/h10-12H,2-9H2,1H3/t12-,18-/m0/s1. The van der Waals surface area contributed by atoms with Gasteiger partial charge < -0.3 is 9.32 Å². The number of anilines is 1. The van der Waals surface area contributed by atoms with E-state index < -0.39 is 0 Å². The predicted octanol–water partition coefficient (Wildman–Crippen LogP) is 2.09. The molecule has 0 aromatic carbocycles. The summed E-state index contributed by atoms with van der Waals surface area (Å²) in [5.74, 6) is 3.51. The van der Waals surface area contributed by atoms with Crippen molar-refractivity contribution >= 4 is 17.0 Å². The number of hydrogen-bond acceptors (Lipinski definition) is 8. The fraction of sp³-hybridized carbons (Fsp3) is 0.667. The number of hydrogen-bond donors (Lipinski definition) is 0. The molecular formula is C18H22N8O. The van der Waals surface area contributed by atoms with Crippen molar-refractivity contribution in [3.8, 4) is 0 Å². The Labute approximate surface area is 156 Å². The summed E-state index contributed by atoms with van der Waals surface area (Å²) in [5, 5.41) is 17.4. The maximum atomic E-state index is 6.02. The molecule has 0 bridgehead atoms. The van der Waals surface area contributed by atoms with Crippen molar-refractivity contribution < 1.29 is 4.42 Å². The number of nitrogens with zero attached hydrogens (tertiary/aromatic N) is 8. The summed E-state index contributed by atoms with van der Waals surface area (Å²) in [7, 11) is 0. The molecule has 0 spiro atoms. The quantitative estimate of drug-likeness (QED) is 0.677. The van der Waals surface area contributed by atoms with Crippen LogP contribution >= 0.6 is 0 Å². The predicted molar refractivity (Wildman–Crippen MR) is 95.9 cm³/mol. The highest BCUT2D eigenvalue weighted by Crippen LogP contribution is 2.57. The molecule has 3 aromatic heterocycles. The molecule has 0 radical (unpaired) electrons. The molecule has 2 saturated carbocycles. The van der Waals surface area contributed by atoms with E-state index >= 15 is 0 Å². The summed E-state index contributed by atoms with van der Waals surface area (Å²) < 4.78 is 7.95. The first kappa shape index (κ1) is 15.5. The average Bonchev–Trinajstić information content (AvgIpc) is 3.09. The third kappa shape index (κ3) is 2.11. The summed E-state index contributed by atoms with van der Waals surface area (Å²) in [6.07, 6.45) is 8.22. The van der Waals surface area contributed by atoms with E-state index in [0.29, 0.717) is 17.7 Å². The van der Waals surface area contributed by atoms with Gasteiger partial charge in [0.1, 0.15) is 11.9 Å². The molecule has 140 valence electrons. The van der Waals surface area contributed by atoms with Crippen LogP contribution in [0.2, 0.25) is 0 Å². The van der Waals surface area contributed by atoms with Crippen LogP contribution in [0.3, 0.4) is 0 Å². The maximum Gasteiger partial charge on any atom is 0.242 e. The van der Waals surface area contributed by atoms with Gasteiger partial charge in [0.15, 0.2) is 17.0 Å². The van der Waals surface area contributed by atoms with Gasteiger partial charge in [-0.25, -0.2) is 14.6 Å². The van der Waals surface area contributed by atoms with Gasteiger partial charge in [0.2, 0.25) is 11.8 Å². The average molecular weight is 366 g/mol. The molecule has 2 aliphatic carbocycles. The van der Waals surface area contributed by atoms with E-state index in [4.69, 9.17) is 4.42 Å². The van der Waals surface area contributed by atoms with Crippen molar-refractivity contribution in [2.24, 2.45) is 11.8 Å². The van der Waals surface area contributed by atoms with Crippen LogP contribution in [0.5, 0.6) is 0 Å². The largest absolute Gasteiger partial charge is 0.423 e. The summed E-state index contributed by atoms with van der Waals surface area (Å²) in [4.78, 5) is 11.4. The van der Waals surface area contributed by atoms with E-state index in [2.05, 4.69) is 35.4 Å². The summed E-state index contributed by atoms with van der Waals surface area (Å²) in [6, 6.07) is 0. The van der Waals surface area contributed by atoms with Crippen molar-refractivity contribution in [2.45, 2.75) is 57.5 Å². The molecule has 9 heteroatoms. The van der Waals surface area contributed by atoms with Crippen LogP contribution in [0.25, 0.3) is 11.2 Å². The van der Waals surface area contributed by atoms with E-state index in [9.17, 15) is 0 Å². The molecule has 0 N–H and O–H groups in total. The first-order chi connectivity index (χ1) is 13.3. The van der Waals surface area contributed by atoms with Crippen LogP contribution in [0.4, 0.5) is 5.82 Å². The molecule has 0 unspecified atom stereocenters. The number of aromatic nitrogens is 7. The second-order valence-electron chi connectivity index (χ2n) is 8.04. The zero-order valence-corrected chi connectivity index (χ0v) is 15.4. The topological polar surface area (TPSA) is 98.6 Å². The fourth-order valence-electron chi connectivity index (χ4n) is 4.75. The Kier molecular flexibility index (Phi) is 3.13. The van der Waals surface area contributed by atoms with Crippen LogP contribution in [0, 0.1) is 11.8 Å². The molecule has 9 nitrogen and oxygen atoms in total. The third-order valence-corrected chi connectivity index (χ3v) is 6.54. The number of fused-ring (bicyclic) bond motifs is 2. The highest BCUT2D eigenvalue weighted by molar-refractivity contribution is 5.83. The third-order valence-electron chi connectivity index (χ3n) is 6.54. The van der Waals surface area contributed by atoms with Gasteiger partial charge >= 0.3 is 0 Å². The lowest BCUT2D eigenvalue weighted by Gasteiger charge is -2.47. The highest BCUT2D eigenvalue weighted by Gasteiger charge is 2.60. The van der Waals surface area contributed by atoms with Gasteiger partial charge in [-0.15, -0.1) is 15.3 Å². The van der Waals surface area contributed by atoms with E-state index in [0.717, 1.165) is 55.2 Å². The highest BCUT2D eigenvalue weighted by atomic mass is 16.4. The number of rotatable bonds is 5. The SMILES string of the molecule is CCc1nnc([C@]23CC[C@H]2CCN3c2ncnc3c2nnn3CC2CC2)o1. The van der Waals surface area contributed by atoms with E-state index in [1.807, 2.05) is 11.6 Å². The summed E-state index contributed by atoms with van der Waals surface area (Å²) >= 11 is 0. The van der Waals surface area contributed by atoms with E-state index in [-0.39, 0.29) is 5.54 Å². The Hall–Kier alpha value is -2.58. The molecule has 1 saturated heterocycles. The van der Waals surface area contributed by atoms with Crippen molar-refractivity contribution in [1.29, 1.82) is 0 Å². The second-order valence-corrected chi connectivity index (χ2v) is 8.04. The second kappa shape index (κ2) is 5.46. The molecule has 4 heterocycles. The van der Waals surface area contributed by atoms with Gasteiger partial charge in [0.25, 0.3) is 0 Å². The number of aryl methyl sites for hydroxylation is 1. The zero-order chi connectivity index (χ0) is 18.0.